The molecule has 1 aliphatic rings. The maximum absolute atomic E-state index is 4.64. The highest BCUT2D eigenvalue weighted by Crippen LogP contribution is 2.16. The lowest BCUT2D eigenvalue weighted by Crippen LogP contribution is -2.49. The lowest BCUT2D eigenvalue weighted by molar-refractivity contribution is 0.192. The Morgan fingerprint density at radius 2 is 1.95 bits per heavy atom. The van der Waals surface area contributed by atoms with Crippen molar-refractivity contribution in [3.63, 3.8) is 0 Å². The Morgan fingerprint density at radius 3 is 2.52 bits per heavy atom. The van der Waals surface area contributed by atoms with Crippen LogP contribution in [0, 0.1) is 0 Å². The second kappa shape index (κ2) is 8.35. The number of anilines is 1. The third-order valence-electron chi connectivity index (χ3n) is 4.42. The van der Waals surface area contributed by atoms with E-state index in [0.717, 1.165) is 45.1 Å². The molecule has 2 rings (SSSR count). The molecular weight excluding hydrogens is 260 g/mol. The third-order valence-corrected chi connectivity index (χ3v) is 4.42. The Kier molecular flexibility index (Phi) is 6.46. The number of rotatable bonds is 7. The van der Waals surface area contributed by atoms with Crippen LogP contribution in [0.5, 0.6) is 0 Å². The van der Waals surface area contributed by atoms with Crippen LogP contribution in [0.3, 0.4) is 0 Å². The van der Waals surface area contributed by atoms with Gasteiger partial charge in [-0.1, -0.05) is 19.9 Å². The topological polar surface area (TPSA) is 31.4 Å². The van der Waals surface area contributed by atoms with E-state index in [0.29, 0.717) is 6.04 Å². The molecular formula is C17H30N4. The molecule has 1 aromatic heterocycles. The van der Waals surface area contributed by atoms with E-state index in [1.807, 2.05) is 6.20 Å². The summed E-state index contributed by atoms with van der Waals surface area (Å²) in [5.41, 5.74) is 1.27. The number of piperazine rings is 1. The fourth-order valence-electron chi connectivity index (χ4n) is 2.77. The zero-order chi connectivity index (χ0) is 15.1. The molecule has 1 aromatic rings. The standard InChI is InChI=1S/C17H30N4/c1-4-8-18-13-16-6-7-17(19-14-16)21-11-9-20(10-12-21)15(3)5-2/h6-7,14-15,18H,4-5,8-13H2,1-3H3. The fourth-order valence-corrected chi connectivity index (χ4v) is 2.77. The molecule has 0 bridgehead atoms. The van der Waals surface area contributed by atoms with Crippen molar-refractivity contribution < 1.29 is 0 Å². The number of hydrogen-bond acceptors (Lipinski definition) is 4. The predicted octanol–water partition coefficient (Wildman–Crippen LogP) is 2.50. The Morgan fingerprint density at radius 1 is 1.19 bits per heavy atom. The average Bonchev–Trinajstić information content (AvgIpc) is 2.55. The van der Waals surface area contributed by atoms with Crippen molar-refractivity contribution in [1.29, 1.82) is 0 Å². The van der Waals surface area contributed by atoms with Crippen molar-refractivity contribution in [1.82, 2.24) is 15.2 Å². The van der Waals surface area contributed by atoms with E-state index in [9.17, 15) is 0 Å². The van der Waals surface area contributed by atoms with Crippen molar-refractivity contribution in [2.75, 3.05) is 37.6 Å². The largest absolute Gasteiger partial charge is 0.354 e. The first-order chi connectivity index (χ1) is 10.2. The molecule has 118 valence electrons. The number of pyridine rings is 1. The molecule has 0 saturated carbocycles. The monoisotopic (exact) mass is 290 g/mol. The summed E-state index contributed by atoms with van der Waals surface area (Å²) in [6.07, 6.45) is 4.42. The molecule has 1 aliphatic heterocycles. The molecule has 21 heavy (non-hydrogen) atoms. The first-order valence-corrected chi connectivity index (χ1v) is 8.39. The maximum atomic E-state index is 4.64. The van der Waals surface area contributed by atoms with Gasteiger partial charge in [0.25, 0.3) is 0 Å². The Labute approximate surface area is 129 Å². The third kappa shape index (κ3) is 4.68. The number of aromatic nitrogens is 1. The van der Waals surface area contributed by atoms with Gasteiger partial charge in [0.15, 0.2) is 0 Å². The molecule has 1 atom stereocenters. The van der Waals surface area contributed by atoms with Gasteiger partial charge in [0.2, 0.25) is 0 Å². The van der Waals surface area contributed by atoms with Gasteiger partial charge in [0.1, 0.15) is 5.82 Å². The Hall–Kier alpha value is -1.13. The first-order valence-electron chi connectivity index (χ1n) is 8.39. The fraction of sp³-hybridized carbons (Fsp3) is 0.706. The van der Waals surface area contributed by atoms with Crippen LogP contribution < -0.4 is 10.2 Å². The Bertz CT molecular complexity index is 396. The van der Waals surface area contributed by atoms with E-state index in [1.165, 1.54) is 18.4 Å². The molecule has 0 aromatic carbocycles. The van der Waals surface area contributed by atoms with Crippen molar-refractivity contribution in [2.24, 2.45) is 0 Å². The SMILES string of the molecule is CCCNCc1ccc(N2CCN(C(C)CC)CC2)nc1. The highest BCUT2D eigenvalue weighted by molar-refractivity contribution is 5.39. The van der Waals surface area contributed by atoms with Crippen LogP contribution >= 0.6 is 0 Å². The smallest absolute Gasteiger partial charge is 0.128 e. The average molecular weight is 290 g/mol. The van der Waals surface area contributed by atoms with Crippen LogP contribution in [0.25, 0.3) is 0 Å². The van der Waals surface area contributed by atoms with Gasteiger partial charge >= 0.3 is 0 Å². The summed E-state index contributed by atoms with van der Waals surface area (Å²) in [4.78, 5) is 9.63. The van der Waals surface area contributed by atoms with E-state index in [2.05, 4.69) is 53.0 Å². The molecule has 1 fully saturated rings. The van der Waals surface area contributed by atoms with E-state index in [4.69, 9.17) is 0 Å². The van der Waals surface area contributed by atoms with Gasteiger partial charge in [-0.05, 0) is 37.9 Å². The molecule has 1 saturated heterocycles. The summed E-state index contributed by atoms with van der Waals surface area (Å²) in [6, 6.07) is 5.07. The van der Waals surface area contributed by atoms with Crippen molar-refractivity contribution >= 4 is 5.82 Å². The Balaban J connectivity index is 1.83. The summed E-state index contributed by atoms with van der Waals surface area (Å²) >= 11 is 0. The van der Waals surface area contributed by atoms with E-state index >= 15 is 0 Å². The summed E-state index contributed by atoms with van der Waals surface area (Å²) in [5.74, 6) is 1.12. The van der Waals surface area contributed by atoms with Crippen LogP contribution in [-0.2, 0) is 6.54 Å². The van der Waals surface area contributed by atoms with Crippen LogP contribution in [0.1, 0.15) is 39.2 Å². The summed E-state index contributed by atoms with van der Waals surface area (Å²) < 4.78 is 0. The first kappa shape index (κ1) is 16.2. The molecule has 0 spiro atoms. The normalized spacial score (nSPS) is 18.0. The number of nitrogens with zero attached hydrogens (tertiary/aromatic N) is 3. The second-order valence-corrected chi connectivity index (χ2v) is 5.98. The maximum Gasteiger partial charge on any atom is 0.128 e. The van der Waals surface area contributed by atoms with E-state index < -0.39 is 0 Å². The van der Waals surface area contributed by atoms with Gasteiger partial charge in [-0.15, -0.1) is 0 Å². The molecule has 0 radical (unpaired) electrons. The minimum atomic E-state index is 0.701. The summed E-state index contributed by atoms with van der Waals surface area (Å²) in [5, 5.41) is 3.41. The van der Waals surface area contributed by atoms with Gasteiger partial charge < -0.3 is 10.2 Å². The molecule has 0 amide bonds. The van der Waals surface area contributed by atoms with Crippen molar-refractivity contribution in [3.8, 4) is 0 Å². The second-order valence-electron chi connectivity index (χ2n) is 5.98. The van der Waals surface area contributed by atoms with Crippen LogP contribution in [-0.4, -0.2) is 48.6 Å². The van der Waals surface area contributed by atoms with Gasteiger partial charge in [0, 0.05) is 45.0 Å². The van der Waals surface area contributed by atoms with Gasteiger partial charge in [-0.2, -0.15) is 0 Å². The lowest BCUT2D eigenvalue weighted by atomic mass is 10.2. The molecule has 4 heteroatoms. The number of hydrogen-bond donors (Lipinski definition) is 1. The highest BCUT2D eigenvalue weighted by Gasteiger charge is 2.20. The van der Waals surface area contributed by atoms with Gasteiger partial charge in [0.05, 0.1) is 0 Å². The van der Waals surface area contributed by atoms with Crippen LogP contribution in [0.15, 0.2) is 18.3 Å². The quantitative estimate of drug-likeness (QED) is 0.782. The molecule has 2 heterocycles. The molecule has 1 N–H and O–H groups in total. The summed E-state index contributed by atoms with van der Waals surface area (Å²) in [6.45, 7) is 13.2. The van der Waals surface area contributed by atoms with Gasteiger partial charge in [-0.3, -0.25) is 4.90 Å². The van der Waals surface area contributed by atoms with E-state index in [1.54, 1.807) is 0 Å². The van der Waals surface area contributed by atoms with Crippen molar-refractivity contribution in [2.45, 2.75) is 46.2 Å². The zero-order valence-corrected chi connectivity index (χ0v) is 13.8. The molecule has 1 unspecified atom stereocenters. The van der Waals surface area contributed by atoms with Crippen LogP contribution in [0.4, 0.5) is 5.82 Å². The van der Waals surface area contributed by atoms with Crippen molar-refractivity contribution in [3.05, 3.63) is 23.9 Å². The van der Waals surface area contributed by atoms with Crippen LogP contribution in [0.2, 0.25) is 0 Å². The van der Waals surface area contributed by atoms with Gasteiger partial charge in [-0.25, -0.2) is 4.98 Å². The number of nitrogens with one attached hydrogen (secondary N) is 1. The predicted molar refractivity (Wildman–Crippen MR) is 89.8 cm³/mol. The lowest BCUT2D eigenvalue weighted by Gasteiger charge is -2.38. The highest BCUT2D eigenvalue weighted by atomic mass is 15.3. The molecule has 0 aliphatic carbocycles. The molecule has 4 nitrogen and oxygen atoms in total. The zero-order valence-electron chi connectivity index (χ0n) is 13.8. The minimum absolute atomic E-state index is 0.701. The minimum Gasteiger partial charge on any atom is -0.354 e. The summed E-state index contributed by atoms with van der Waals surface area (Å²) in [7, 11) is 0. The van der Waals surface area contributed by atoms with E-state index in [-0.39, 0.29) is 0 Å².